The fourth-order valence-electron chi connectivity index (χ4n) is 2.50. The number of aryl methyl sites for hydroxylation is 1. The van der Waals surface area contributed by atoms with Crippen LogP contribution in [0.5, 0.6) is 5.88 Å². The Labute approximate surface area is 173 Å². The fraction of sp³-hybridized carbons (Fsp3) is 0.286. The molecular weight excluding hydrogens is 390 g/mol. The number of hydrogen-bond acceptors (Lipinski definition) is 6. The van der Waals surface area contributed by atoms with Crippen molar-refractivity contribution in [1.29, 1.82) is 0 Å². The summed E-state index contributed by atoms with van der Waals surface area (Å²) in [5, 5.41) is 6.10. The van der Waals surface area contributed by atoms with E-state index in [4.69, 9.17) is 4.74 Å². The molecule has 0 saturated carbocycles. The van der Waals surface area contributed by atoms with Gasteiger partial charge in [-0.25, -0.2) is 9.97 Å². The van der Waals surface area contributed by atoms with E-state index in [0.29, 0.717) is 18.0 Å². The second kappa shape index (κ2) is 9.71. The second-order valence-electron chi connectivity index (χ2n) is 6.49. The minimum absolute atomic E-state index is 0.0302. The number of nitrogens with one attached hydrogen (secondary N) is 1. The first-order valence-electron chi connectivity index (χ1n) is 9.04. The zero-order valence-electron chi connectivity index (χ0n) is 16.1. The molecule has 5 nitrogen and oxygen atoms in total. The van der Waals surface area contributed by atoms with Crippen LogP contribution in [0.15, 0.2) is 52.9 Å². The van der Waals surface area contributed by atoms with Gasteiger partial charge in [-0.15, -0.1) is 23.1 Å². The van der Waals surface area contributed by atoms with Gasteiger partial charge < -0.3 is 10.1 Å². The summed E-state index contributed by atoms with van der Waals surface area (Å²) in [7, 11) is 0. The Morgan fingerprint density at radius 2 is 2.04 bits per heavy atom. The molecule has 1 N–H and O–H groups in total. The Morgan fingerprint density at radius 3 is 2.71 bits per heavy atom. The van der Waals surface area contributed by atoms with Crippen LogP contribution in [0.25, 0.3) is 0 Å². The lowest BCUT2D eigenvalue weighted by atomic mass is 10.2. The number of rotatable bonds is 8. The Balaban J connectivity index is 1.55. The van der Waals surface area contributed by atoms with Crippen molar-refractivity contribution < 1.29 is 9.53 Å². The normalized spacial score (nSPS) is 10.9. The molecule has 0 saturated heterocycles. The number of hydrogen-bond donors (Lipinski definition) is 1. The molecule has 0 aliphatic rings. The number of aromatic nitrogens is 2. The quantitative estimate of drug-likeness (QED) is 0.535. The molecule has 146 valence electrons. The predicted molar refractivity (Wildman–Crippen MR) is 114 cm³/mol. The molecule has 0 radical (unpaired) electrons. The van der Waals surface area contributed by atoms with Gasteiger partial charge in [0.15, 0.2) is 0 Å². The molecule has 1 aromatic carbocycles. The molecule has 0 atom stereocenters. The number of ether oxygens (including phenoxy) is 1. The van der Waals surface area contributed by atoms with Crippen molar-refractivity contribution in [2.75, 3.05) is 0 Å². The second-order valence-corrected chi connectivity index (χ2v) is 8.60. The lowest BCUT2D eigenvalue weighted by Crippen LogP contribution is -2.23. The molecule has 3 rings (SSSR count). The number of amides is 1. The number of thiazole rings is 1. The first-order valence-corrected chi connectivity index (χ1v) is 10.9. The van der Waals surface area contributed by atoms with E-state index in [2.05, 4.69) is 20.7 Å². The van der Waals surface area contributed by atoms with Crippen LogP contribution >= 0.6 is 23.1 Å². The lowest BCUT2D eigenvalue weighted by Gasteiger charge is -2.13. The van der Waals surface area contributed by atoms with Crippen molar-refractivity contribution in [2.24, 2.45) is 0 Å². The zero-order chi connectivity index (χ0) is 19.9. The maximum atomic E-state index is 12.5. The third-order valence-electron chi connectivity index (χ3n) is 3.81. The summed E-state index contributed by atoms with van der Waals surface area (Å²) in [5.74, 6) is 1.27. The van der Waals surface area contributed by atoms with Crippen molar-refractivity contribution in [3.63, 3.8) is 0 Å². The Hall–Kier alpha value is -2.38. The number of benzene rings is 1. The molecule has 2 aromatic heterocycles. The fourth-order valence-corrected chi connectivity index (χ4v) is 4.01. The van der Waals surface area contributed by atoms with E-state index in [0.717, 1.165) is 26.9 Å². The van der Waals surface area contributed by atoms with Crippen LogP contribution in [-0.2, 0) is 12.3 Å². The minimum atomic E-state index is -0.119. The van der Waals surface area contributed by atoms with Crippen molar-refractivity contribution in [3.8, 4) is 5.88 Å². The van der Waals surface area contributed by atoms with Crippen LogP contribution in [0.3, 0.4) is 0 Å². The molecule has 0 aliphatic carbocycles. The highest BCUT2D eigenvalue weighted by Crippen LogP contribution is 2.24. The van der Waals surface area contributed by atoms with E-state index in [1.54, 1.807) is 29.3 Å². The maximum absolute atomic E-state index is 12.5. The number of carbonyl (C=O) groups excluding carboxylic acids is 1. The van der Waals surface area contributed by atoms with Crippen molar-refractivity contribution in [3.05, 3.63) is 69.8 Å². The molecule has 0 aliphatic heterocycles. The van der Waals surface area contributed by atoms with E-state index in [9.17, 15) is 4.79 Å². The lowest BCUT2D eigenvalue weighted by molar-refractivity contribution is 0.0950. The van der Waals surface area contributed by atoms with E-state index in [1.807, 2.05) is 57.2 Å². The highest BCUT2D eigenvalue weighted by Gasteiger charge is 2.10. The summed E-state index contributed by atoms with van der Waals surface area (Å²) in [6.45, 7) is 6.28. The standard InChI is InChI=1S/C21H23N3O2S2/c1-14(2)26-21-17(5-4-10-22-21)11-23-20(25)16-6-8-19(9-7-16)28-13-18-12-27-15(3)24-18/h4-10,12,14H,11,13H2,1-3H3,(H,23,25). The number of pyridine rings is 1. The van der Waals surface area contributed by atoms with Crippen LogP contribution in [0.1, 0.15) is 40.5 Å². The van der Waals surface area contributed by atoms with Crippen molar-refractivity contribution in [1.82, 2.24) is 15.3 Å². The maximum Gasteiger partial charge on any atom is 0.251 e. The van der Waals surface area contributed by atoms with Gasteiger partial charge in [0.1, 0.15) is 0 Å². The van der Waals surface area contributed by atoms with Crippen LogP contribution in [0.2, 0.25) is 0 Å². The molecule has 28 heavy (non-hydrogen) atoms. The highest BCUT2D eigenvalue weighted by atomic mass is 32.2. The average molecular weight is 414 g/mol. The van der Waals surface area contributed by atoms with Crippen molar-refractivity contribution in [2.45, 2.75) is 44.1 Å². The molecule has 0 spiro atoms. The molecule has 0 unspecified atom stereocenters. The third kappa shape index (κ3) is 5.81. The smallest absolute Gasteiger partial charge is 0.251 e. The summed E-state index contributed by atoms with van der Waals surface area (Å²) in [6.07, 6.45) is 1.72. The van der Waals surface area contributed by atoms with Gasteiger partial charge in [-0.1, -0.05) is 6.07 Å². The average Bonchev–Trinajstić information content (AvgIpc) is 3.10. The monoisotopic (exact) mass is 413 g/mol. The number of carbonyl (C=O) groups is 1. The third-order valence-corrected chi connectivity index (χ3v) is 5.67. The Bertz CT molecular complexity index is 923. The first-order chi connectivity index (χ1) is 13.5. The summed E-state index contributed by atoms with van der Waals surface area (Å²) >= 11 is 3.38. The van der Waals surface area contributed by atoms with E-state index >= 15 is 0 Å². The number of thioether (sulfide) groups is 1. The van der Waals surface area contributed by atoms with Crippen LogP contribution in [0, 0.1) is 6.92 Å². The van der Waals surface area contributed by atoms with Gasteiger partial charge in [0, 0.05) is 39.9 Å². The molecule has 1 amide bonds. The van der Waals surface area contributed by atoms with Crippen molar-refractivity contribution >= 4 is 29.0 Å². The van der Waals surface area contributed by atoms with Gasteiger partial charge in [-0.05, 0) is 51.1 Å². The predicted octanol–water partition coefficient (Wildman–Crippen LogP) is 4.86. The summed E-state index contributed by atoms with van der Waals surface area (Å²) in [5.41, 5.74) is 2.57. The van der Waals surface area contributed by atoms with Crippen LogP contribution < -0.4 is 10.1 Å². The summed E-state index contributed by atoms with van der Waals surface area (Å²) in [4.78, 5) is 22.3. The molecular formula is C21H23N3O2S2. The topological polar surface area (TPSA) is 64.1 Å². The Morgan fingerprint density at radius 1 is 1.25 bits per heavy atom. The molecule has 2 heterocycles. The highest BCUT2D eigenvalue weighted by molar-refractivity contribution is 7.98. The summed E-state index contributed by atoms with van der Waals surface area (Å²) < 4.78 is 5.69. The zero-order valence-corrected chi connectivity index (χ0v) is 17.8. The van der Waals surface area contributed by atoms with E-state index in [-0.39, 0.29) is 12.0 Å². The van der Waals surface area contributed by atoms with Crippen LogP contribution in [-0.4, -0.2) is 22.0 Å². The van der Waals surface area contributed by atoms with Gasteiger partial charge in [0.25, 0.3) is 5.91 Å². The number of nitrogens with zero attached hydrogens (tertiary/aromatic N) is 2. The largest absolute Gasteiger partial charge is 0.475 e. The minimum Gasteiger partial charge on any atom is -0.475 e. The van der Waals surface area contributed by atoms with Gasteiger partial charge >= 0.3 is 0 Å². The van der Waals surface area contributed by atoms with Gasteiger partial charge in [0.05, 0.1) is 16.8 Å². The van der Waals surface area contributed by atoms with Gasteiger partial charge in [0.2, 0.25) is 5.88 Å². The van der Waals surface area contributed by atoms with Crippen LogP contribution in [0.4, 0.5) is 0 Å². The molecule has 3 aromatic rings. The molecule has 7 heteroatoms. The van der Waals surface area contributed by atoms with E-state index in [1.165, 1.54) is 0 Å². The molecule has 0 fully saturated rings. The molecule has 0 bridgehead atoms. The summed E-state index contributed by atoms with van der Waals surface area (Å²) in [6, 6.07) is 11.4. The SMILES string of the molecule is Cc1nc(CSc2ccc(C(=O)NCc3cccnc3OC(C)C)cc2)cs1. The van der Waals surface area contributed by atoms with Gasteiger partial charge in [-0.3, -0.25) is 4.79 Å². The Kier molecular flexibility index (Phi) is 7.06. The van der Waals surface area contributed by atoms with Gasteiger partial charge in [-0.2, -0.15) is 0 Å². The first kappa shape index (κ1) is 20.4. The van der Waals surface area contributed by atoms with E-state index < -0.39 is 0 Å².